The Morgan fingerprint density at radius 1 is 0.833 bits per heavy atom. The van der Waals surface area contributed by atoms with E-state index in [-0.39, 0.29) is 0 Å². The van der Waals surface area contributed by atoms with Gasteiger partial charge in [-0.2, -0.15) is 0 Å². The molecule has 0 aliphatic heterocycles. The Kier molecular flexibility index (Phi) is 3.75. The number of hydrogen-bond acceptors (Lipinski definition) is 2. The van der Waals surface area contributed by atoms with Crippen molar-refractivity contribution < 1.29 is 0 Å². The van der Waals surface area contributed by atoms with E-state index >= 15 is 0 Å². The van der Waals surface area contributed by atoms with E-state index in [0.717, 1.165) is 27.2 Å². The first kappa shape index (κ1) is 14.9. The first-order valence-electron chi connectivity index (χ1n) is 7.80. The number of halogens is 1. The fourth-order valence-electron chi connectivity index (χ4n) is 2.72. The number of aromatic nitrogens is 2. The molecule has 4 rings (SSSR count). The van der Waals surface area contributed by atoms with Crippen molar-refractivity contribution in [1.82, 2.24) is 9.97 Å². The first-order chi connectivity index (χ1) is 11.7. The fourth-order valence-corrected chi connectivity index (χ4v) is 2.96. The molecule has 0 aliphatic carbocycles. The second-order valence-corrected chi connectivity index (χ2v) is 6.19. The zero-order chi connectivity index (χ0) is 16.5. The van der Waals surface area contributed by atoms with Gasteiger partial charge in [-0.25, -0.2) is 9.97 Å². The molecule has 0 saturated carbocycles. The molecule has 0 N–H and O–H groups in total. The van der Waals surface area contributed by atoms with Gasteiger partial charge in [0.2, 0.25) is 0 Å². The topological polar surface area (TPSA) is 25.8 Å². The van der Waals surface area contributed by atoms with Crippen molar-refractivity contribution in [2.75, 3.05) is 0 Å². The lowest BCUT2D eigenvalue weighted by Gasteiger charge is -2.04. The van der Waals surface area contributed by atoms with Crippen molar-refractivity contribution in [2.45, 2.75) is 6.92 Å². The predicted octanol–water partition coefficient (Wildman–Crippen LogP) is 5.92. The third-order valence-electron chi connectivity index (χ3n) is 4.04. The molecular weight excluding hydrogens is 316 g/mol. The number of hydrogen-bond donors (Lipinski definition) is 0. The van der Waals surface area contributed by atoms with E-state index in [2.05, 4.69) is 59.4 Å². The van der Waals surface area contributed by atoms with Crippen LogP contribution in [0.4, 0.5) is 0 Å². The summed E-state index contributed by atoms with van der Waals surface area (Å²) in [5.74, 6) is 0.614. The van der Waals surface area contributed by atoms with Crippen LogP contribution < -0.4 is 0 Å². The Labute approximate surface area is 145 Å². The molecule has 0 unspecified atom stereocenters. The van der Waals surface area contributed by atoms with Crippen LogP contribution in [0.1, 0.15) is 17.0 Å². The molecule has 1 aromatic heterocycles. The summed E-state index contributed by atoms with van der Waals surface area (Å²) in [6.45, 7) is 2.07. The van der Waals surface area contributed by atoms with Crippen LogP contribution in [0, 0.1) is 6.92 Å². The van der Waals surface area contributed by atoms with Crippen molar-refractivity contribution in [3.05, 3.63) is 82.8 Å². The van der Waals surface area contributed by atoms with Crippen molar-refractivity contribution in [3.63, 3.8) is 0 Å². The summed E-state index contributed by atoms with van der Waals surface area (Å²) in [7, 11) is 0. The van der Waals surface area contributed by atoms with Crippen LogP contribution in [0.3, 0.4) is 0 Å². The van der Waals surface area contributed by atoms with Crippen molar-refractivity contribution in [1.29, 1.82) is 0 Å². The average molecular weight is 331 g/mol. The Morgan fingerprint density at radius 3 is 2.29 bits per heavy atom. The number of aryl methyl sites for hydroxylation is 1. The fraction of sp³-hybridized carbons (Fsp3) is 0.0476. The Morgan fingerprint density at radius 2 is 1.54 bits per heavy atom. The van der Waals surface area contributed by atoms with Crippen molar-refractivity contribution in [3.8, 4) is 0 Å². The van der Waals surface area contributed by atoms with Crippen LogP contribution in [0.25, 0.3) is 33.8 Å². The standard InChI is InChI=1S/C21H15ClN2/c1-14-6-8-15(9-7-14)10-11-20-23-19-13-17-5-3-2-4-16(17)12-18(19)21(22)24-20/h2-13H,1H3/b11-10+. The maximum Gasteiger partial charge on any atom is 0.154 e. The summed E-state index contributed by atoms with van der Waals surface area (Å²) < 4.78 is 0. The summed E-state index contributed by atoms with van der Waals surface area (Å²) in [6.07, 6.45) is 3.89. The highest BCUT2D eigenvalue weighted by Crippen LogP contribution is 2.26. The molecule has 4 aromatic rings. The number of nitrogens with zero attached hydrogens (tertiary/aromatic N) is 2. The third kappa shape index (κ3) is 2.89. The minimum absolute atomic E-state index is 0.481. The van der Waals surface area contributed by atoms with Crippen LogP contribution in [-0.2, 0) is 0 Å². The van der Waals surface area contributed by atoms with E-state index in [1.165, 1.54) is 5.56 Å². The number of benzene rings is 3. The smallest absolute Gasteiger partial charge is 0.154 e. The molecule has 0 spiro atoms. The molecule has 3 aromatic carbocycles. The summed E-state index contributed by atoms with van der Waals surface area (Å²) in [6, 6.07) is 20.6. The van der Waals surface area contributed by atoms with Gasteiger partial charge >= 0.3 is 0 Å². The molecule has 0 atom stereocenters. The molecule has 1 heterocycles. The number of rotatable bonds is 2. The van der Waals surface area contributed by atoms with Gasteiger partial charge in [-0.05, 0) is 41.5 Å². The molecule has 0 aliphatic rings. The molecule has 0 saturated heterocycles. The molecular formula is C21H15ClN2. The number of fused-ring (bicyclic) bond motifs is 2. The van der Waals surface area contributed by atoms with Gasteiger partial charge in [-0.3, -0.25) is 0 Å². The molecule has 24 heavy (non-hydrogen) atoms. The SMILES string of the molecule is Cc1ccc(/C=C/c2nc(Cl)c3cc4ccccc4cc3n2)cc1. The van der Waals surface area contributed by atoms with E-state index in [1.807, 2.05) is 30.4 Å². The van der Waals surface area contributed by atoms with E-state index in [0.29, 0.717) is 11.0 Å². The van der Waals surface area contributed by atoms with Crippen molar-refractivity contribution >= 4 is 45.4 Å². The van der Waals surface area contributed by atoms with Crippen LogP contribution in [0.2, 0.25) is 5.15 Å². The quantitative estimate of drug-likeness (QED) is 0.337. The molecule has 3 heteroatoms. The van der Waals surface area contributed by atoms with Crippen LogP contribution in [0.5, 0.6) is 0 Å². The van der Waals surface area contributed by atoms with Gasteiger partial charge in [0.15, 0.2) is 5.82 Å². The summed E-state index contributed by atoms with van der Waals surface area (Å²) >= 11 is 6.38. The molecule has 0 amide bonds. The minimum Gasteiger partial charge on any atom is -0.229 e. The van der Waals surface area contributed by atoms with Crippen molar-refractivity contribution in [2.24, 2.45) is 0 Å². The van der Waals surface area contributed by atoms with Crippen LogP contribution >= 0.6 is 11.6 Å². The highest BCUT2D eigenvalue weighted by atomic mass is 35.5. The van der Waals surface area contributed by atoms with Crippen LogP contribution in [0.15, 0.2) is 60.7 Å². The van der Waals surface area contributed by atoms with Gasteiger partial charge in [0.05, 0.1) is 5.52 Å². The lowest BCUT2D eigenvalue weighted by molar-refractivity contribution is 1.19. The van der Waals surface area contributed by atoms with Gasteiger partial charge in [0.25, 0.3) is 0 Å². The second kappa shape index (κ2) is 6.06. The first-order valence-corrected chi connectivity index (χ1v) is 8.18. The zero-order valence-corrected chi connectivity index (χ0v) is 14.0. The zero-order valence-electron chi connectivity index (χ0n) is 13.2. The molecule has 116 valence electrons. The van der Waals surface area contributed by atoms with E-state index in [9.17, 15) is 0 Å². The average Bonchev–Trinajstić information content (AvgIpc) is 2.60. The molecule has 2 nitrogen and oxygen atoms in total. The minimum atomic E-state index is 0.481. The Bertz CT molecular complexity index is 1070. The van der Waals surface area contributed by atoms with Gasteiger partial charge in [0, 0.05) is 5.39 Å². The molecule has 0 bridgehead atoms. The van der Waals surface area contributed by atoms with Crippen LogP contribution in [-0.4, -0.2) is 9.97 Å². The lowest BCUT2D eigenvalue weighted by Crippen LogP contribution is -1.91. The highest BCUT2D eigenvalue weighted by molar-refractivity contribution is 6.34. The lowest BCUT2D eigenvalue weighted by atomic mass is 10.1. The van der Waals surface area contributed by atoms with Gasteiger partial charge in [-0.15, -0.1) is 0 Å². The van der Waals surface area contributed by atoms with E-state index in [4.69, 9.17) is 11.6 Å². The highest BCUT2D eigenvalue weighted by Gasteiger charge is 2.06. The maximum absolute atomic E-state index is 6.38. The van der Waals surface area contributed by atoms with E-state index < -0.39 is 0 Å². The third-order valence-corrected chi connectivity index (χ3v) is 4.32. The van der Waals surface area contributed by atoms with Gasteiger partial charge in [0.1, 0.15) is 5.15 Å². The summed E-state index contributed by atoms with van der Waals surface area (Å²) in [5.41, 5.74) is 3.21. The van der Waals surface area contributed by atoms with Gasteiger partial charge < -0.3 is 0 Å². The normalized spacial score (nSPS) is 11.6. The van der Waals surface area contributed by atoms with Gasteiger partial charge in [-0.1, -0.05) is 71.8 Å². The summed E-state index contributed by atoms with van der Waals surface area (Å²) in [4.78, 5) is 9.04. The monoisotopic (exact) mass is 330 g/mol. The molecule has 0 fully saturated rings. The molecule has 0 radical (unpaired) electrons. The maximum atomic E-state index is 6.38. The second-order valence-electron chi connectivity index (χ2n) is 5.83. The summed E-state index contributed by atoms with van der Waals surface area (Å²) in [5, 5.41) is 3.64. The largest absolute Gasteiger partial charge is 0.229 e. The predicted molar refractivity (Wildman–Crippen MR) is 102 cm³/mol. The Balaban J connectivity index is 1.78. The Hall–Kier alpha value is -2.71. The van der Waals surface area contributed by atoms with E-state index in [1.54, 1.807) is 0 Å².